The maximum Gasteiger partial charge on any atom is 0.319 e. The molecule has 0 spiro atoms. The van der Waals surface area contributed by atoms with Gasteiger partial charge in [-0.05, 0) is 55.7 Å². The van der Waals surface area contributed by atoms with E-state index < -0.39 is 0 Å². The van der Waals surface area contributed by atoms with Crippen molar-refractivity contribution in [3.8, 4) is 0 Å². The number of nitrogens with one attached hydrogen (secondary N) is 2. The van der Waals surface area contributed by atoms with Crippen LogP contribution >= 0.6 is 15.9 Å². The molecule has 110 valence electrons. The third kappa shape index (κ3) is 4.33. The number of benzene rings is 2. The standard InChI is InChI=1S/C17H19BrN2O/c1-11-4-5-12(2)16(10-11)20-17(21)19-13(3)14-6-8-15(18)9-7-14/h4-10,13H,1-3H3,(H2,19,20,21). The van der Waals surface area contributed by atoms with Crippen molar-refractivity contribution >= 4 is 27.6 Å². The van der Waals surface area contributed by atoms with E-state index in [9.17, 15) is 4.79 Å². The Kier molecular flexibility index (Phi) is 5.02. The Labute approximate surface area is 133 Å². The molecule has 0 saturated carbocycles. The molecule has 0 bridgehead atoms. The van der Waals surface area contributed by atoms with E-state index in [0.717, 1.165) is 26.9 Å². The van der Waals surface area contributed by atoms with Crippen LogP contribution in [0.4, 0.5) is 10.5 Å². The largest absolute Gasteiger partial charge is 0.331 e. The summed E-state index contributed by atoms with van der Waals surface area (Å²) in [5.41, 5.74) is 4.08. The summed E-state index contributed by atoms with van der Waals surface area (Å²) in [4.78, 5) is 12.1. The molecule has 0 radical (unpaired) electrons. The number of hydrogen-bond donors (Lipinski definition) is 2. The lowest BCUT2D eigenvalue weighted by Crippen LogP contribution is -2.31. The summed E-state index contributed by atoms with van der Waals surface area (Å²) in [5.74, 6) is 0. The van der Waals surface area contributed by atoms with Gasteiger partial charge in [-0.2, -0.15) is 0 Å². The van der Waals surface area contributed by atoms with Crippen molar-refractivity contribution in [2.45, 2.75) is 26.8 Å². The number of amides is 2. The highest BCUT2D eigenvalue weighted by atomic mass is 79.9. The van der Waals surface area contributed by atoms with Gasteiger partial charge in [-0.1, -0.05) is 40.2 Å². The number of carbonyl (C=O) groups excluding carboxylic acids is 1. The van der Waals surface area contributed by atoms with E-state index in [4.69, 9.17) is 0 Å². The average molecular weight is 347 g/mol. The predicted octanol–water partition coefficient (Wildman–Crippen LogP) is 4.95. The summed E-state index contributed by atoms with van der Waals surface area (Å²) in [6, 6.07) is 13.7. The van der Waals surface area contributed by atoms with Crippen LogP contribution in [0.1, 0.15) is 29.7 Å². The van der Waals surface area contributed by atoms with Crippen molar-refractivity contribution in [2.75, 3.05) is 5.32 Å². The van der Waals surface area contributed by atoms with Crippen LogP contribution in [0.15, 0.2) is 46.9 Å². The van der Waals surface area contributed by atoms with Crippen molar-refractivity contribution in [1.29, 1.82) is 0 Å². The monoisotopic (exact) mass is 346 g/mol. The summed E-state index contributed by atoms with van der Waals surface area (Å²) >= 11 is 3.40. The fourth-order valence-electron chi connectivity index (χ4n) is 2.06. The van der Waals surface area contributed by atoms with E-state index in [1.807, 2.05) is 63.2 Å². The van der Waals surface area contributed by atoms with Crippen LogP contribution in [0.25, 0.3) is 0 Å². The van der Waals surface area contributed by atoms with Gasteiger partial charge in [0, 0.05) is 10.2 Å². The first-order chi connectivity index (χ1) is 9.95. The Morgan fingerprint density at radius 3 is 2.43 bits per heavy atom. The van der Waals surface area contributed by atoms with E-state index >= 15 is 0 Å². The Morgan fingerprint density at radius 2 is 1.76 bits per heavy atom. The smallest absolute Gasteiger partial charge is 0.319 e. The number of rotatable bonds is 3. The van der Waals surface area contributed by atoms with Crippen LogP contribution in [0.3, 0.4) is 0 Å². The van der Waals surface area contributed by atoms with Crippen molar-refractivity contribution in [3.63, 3.8) is 0 Å². The summed E-state index contributed by atoms with van der Waals surface area (Å²) in [6.07, 6.45) is 0. The fourth-order valence-corrected chi connectivity index (χ4v) is 2.32. The zero-order chi connectivity index (χ0) is 15.4. The minimum atomic E-state index is -0.195. The van der Waals surface area contributed by atoms with Crippen molar-refractivity contribution in [1.82, 2.24) is 5.32 Å². The first-order valence-electron chi connectivity index (χ1n) is 6.86. The number of hydrogen-bond acceptors (Lipinski definition) is 1. The lowest BCUT2D eigenvalue weighted by Gasteiger charge is -2.16. The van der Waals surface area contributed by atoms with Crippen molar-refractivity contribution in [3.05, 3.63) is 63.6 Å². The van der Waals surface area contributed by atoms with E-state index in [1.54, 1.807) is 0 Å². The molecule has 1 unspecified atom stereocenters. The third-order valence-corrected chi connectivity index (χ3v) is 3.89. The Bertz CT molecular complexity index is 638. The van der Waals surface area contributed by atoms with E-state index in [0.29, 0.717) is 0 Å². The number of anilines is 1. The molecule has 0 aliphatic rings. The number of carbonyl (C=O) groups is 1. The maximum absolute atomic E-state index is 12.1. The topological polar surface area (TPSA) is 41.1 Å². The minimum Gasteiger partial charge on any atom is -0.331 e. The zero-order valence-corrected chi connectivity index (χ0v) is 14.0. The highest BCUT2D eigenvalue weighted by Gasteiger charge is 2.10. The lowest BCUT2D eigenvalue weighted by atomic mass is 10.1. The van der Waals surface area contributed by atoms with E-state index in [-0.39, 0.29) is 12.1 Å². The number of halogens is 1. The van der Waals surface area contributed by atoms with Crippen LogP contribution in [0, 0.1) is 13.8 Å². The molecule has 0 aromatic heterocycles. The van der Waals surface area contributed by atoms with Gasteiger partial charge in [0.25, 0.3) is 0 Å². The molecule has 0 fully saturated rings. The molecule has 0 aliphatic carbocycles. The van der Waals surface area contributed by atoms with Crippen molar-refractivity contribution < 1.29 is 4.79 Å². The van der Waals surface area contributed by atoms with Gasteiger partial charge in [-0.15, -0.1) is 0 Å². The molecule has 21 heavy (non-hydrogen) atoms. The van der Waals surface area contributed by atoms with E-state index in [1.165, 1.54) is 0 Å². The van der Waals surface area contributed by atoms with Gasteiger partial charge in [-0.25, -0.2) is 4.79 Å². The zero-order valence-electron chi connectivity index (χ0n) is 12.4. The van der Waals surface area contributed by atoms with Gasteiger partial charge >= 0.3 is 6.03 Å². The molecule has 0 saturated heterocycles. The van der Waals surface area contributed by atoms with Crippen LogP contribution in [0.5, 0.6) is 0 Å². The van der Waals surface area contributed by atoms with Crippen LogP contribution < -0.4 is 10.6 Å². The molecule has 2 aromatic rings. The highest BCUT2D eigenvalue weighted by molar-refractivity contribution is 9.10. The van der Waals surface area contributed by atoms with Crippen LogP contribution in [-0.4, -0.2) is 6.03 Å². The quantitative estimate of drug-likeness (QED) is 0.811. The number of urea groups is 1. The third-order valence-electron chi connectivity index (χ3n) is 3.36. The van der Waals surface area contributed by atoms with Crippen molar-refractivity contribution in [2.24, 2.45) is 0 Å². The normalized spacial score (nSPS) is 11.8. The maximum atomic E-state index is 12.1. The molecular weight excluding hydrogens is 328 g/mol. The summed E-state index contributed by atoms with van der Waals surface area (Å²) < 4.78 is 1.03. The Hall–Kier alpha value is -1.81. The van der Waals surface area contributed by atoms with Gasteiger partial charge in [-0.3, -0.25) is 0 Å². The molecule has 4 heteroatoms. The van der Waals surface area contributed by atoms with E-state index in [2.05, 4.69) is 26.6 Å². The predicted molar refractivity (Wildman–Crippen MR) is 90.6 cm³/mol. The molecule has 1 atom stereocenters. The summed E-state index contributed by atoms with van der Waals surface area (Å²) in [5, 5.41) is 5.85. The summed E-state index contributed by atoms with van der Waals surface area (Å²) in [6.45, 7) is 5.95. The Morgan fingerprint density at radius 1 is 1.10 bits per heavy atom. The SMILES string of the molecule is Cc1ccc(C)c(NC(=O)NC(C)c2ccc(Br)cc2)c1. The molecular formula is C17H19BrN2O. The molecule has 0 heterocycles. The molecule has 2 amide bonds. The second kappa shape index (κ2) is 6.76. The van der Waals surface area contributed by atoms with Crippen LogP contribution in [-0.2, 0) is 0 Å². The fraction of sp³-hybridized carbons (Fsp3) is 0.235. The first kappa shape index (κ1) is 15.6. The first-order valence-corrected chi connectivity index (χ1v) is 7.65. The van der Waals surface area contributed by atoms with Gasteiger partial charge in [0.2, 0.25) is 0 Å². The highest BCUT2D eigenvalue weighted by Crippen LogP contribution is 2.18. The second-order valence-corrected chi connectivity index (χ2v) is 6.11. The molecule has 0 aliphatic heterocycles. The molecule has 2 aromatic carbocycles. The summed E-state index contributed by atoms with van der Waals surface area (Å²) in [7, 11) is 0. The minimum absolute atomic E-state index is 0.0526. The van der Waals surface area contributed by atoms with Crippen LogP contribution in [0.2, 0.25) is 0 Å². The molecule has 2 rings (SSSR count). The lowest BCUT2D eigenvalue weighted by molar-refractivity contribution is 0.249. The van der Waals surface area contributed by atoms with Gasteiger partial charge < -0.3 is 10.6 Å². The van der Waals surface area contributed by atoms with Gasteiger partial charge in [0.05, 0.1) is 6.04 Å². The average Bonchev–Trinajstić information content (AvgIpc) is 2.43. The van der Waals surface area contributed by atoms with Gasteiger partial charge in [0.15, 0.2) is 0 Å². The second-order valence-electron chi connectivity index (χ2n) is 5.19. The number of aryl methyl sites for hydroxylation is 2. The molecule has 3 nitrogen and oxygen atoms in total. The molecule has 2 N–H and O–H groups in total. The Balaban J connectivity index is 2.01. The van der Waals surface area contributed by atoms with Gasteiger partial charge in [0.1, 0.15) is 0 Å².